The highest BCUT2D eigenvalue weighted by Gasteiger charge is 2.13. The van der Waals surface area contributed by atoms with Crippen LogP contribution in [0.4, 0.5) is 17.2 Å². The maximum Gasteiger partial charge on any atom is 0.275 e. The van der Waals surface area contributed by atoms with Crippen LogP contribution in [0.15, 0.2) is 48.8 Å². The van der Waals surface area contributed by atoms with Gasteiger partial charge < -0.3 is 15.4 Å². The molecular weight excluding hydrogens is 364 g/mol. The highest BCUT2D eigenvalue weighted by atomic mass is 16.5. The van der Waals surface area contributed by atoms with Crippen LogP contribution >= 0.6 is 0 Å². The number of carbonyl (C=O) groups excluding carboxylic acids is 1. The number of carbonyl (C=O) groups is 1. The summed E-state index contributed by atoms with van der Waals surface area (Å²) in [6.07, 6.45) is 3.06. The van der Waals surface area contributed by atoms with E-state index in [9.17, 15) is 4.79 Å². The second-order valence-electron chi connectivity index (χ2n) is 7.30. The first-order chi connectivity index (χ1) is 13.8. The number of hydrogen-bond acceptors (Lipinski definition) is 5. The second-order valence-corrected chi connectivity index (χ2v) is 7.30. The van der Waals surface area contributed by atoms with E-state index >= 15 is 0 Å². The first kappa shape index (κ1) is 20.3. The van der Waals surface area contributed by atoms with Gasteiger partial charge in [0.2, 0.25) is 0 Å². The van der Waals surface area contributed by atoms with Crippen LogP contribution in [0.3, 0.4) is 0 Å². The van der Waals surface area contributed by atoms with Crippen molar-refractivity contribution >= 4 is 23.1 Å². The lowest BCUT2D eigenvalue weighted by molar-refractivity contribution is 0.102. The van der Waals surface area contributed by atoms with E-state index in [0.717, 1.165) is 33.8 Å². The number of rotatable bonds is 6. The molecule has 0 unspecified atom stereocenters. The highest BCUT2D eigenvalue weighted by molar-refractivity contribution is 6.03. The van der Waals surface area contributed by atoms with Crippen molar-refractivity contribution in [3.63, 3.8) is 0 Å². The van der Waals surface area contributed by atoms with Gasteiger partial charge in [0.05, 0.1) is 24.2 Å². The summed E-state index contributed by atoms with van der Waals surface area (Å²) in [5.41, 5.74) is 5.05. The summed E-state index contributed by atoms with van der Waals surface area (Å²) in [6, 6.07) is 11.7. The van der Waals surface area contributed by atoms with Crippen molar-refractivity contribution in [3.05, 3.63) is 71.2 Å². The van der Waals surface area contributed by atoms with Crippen LogP contribution in [-0.4, -0.2) is 22.0 Å². The molecule has 6 heteroatoms. The molecule has 0 aliphatic heterocycles. The summed E-state index contributed by atoms with van der Waals surface area (Å²) in [5, 5.41) is 6.13. The van der Waals surface area contributed by atoms with Gasteiger partial charge >= 0.3 is 0 Å². The number of nitrogens with one attached hydrogen (secondary N) is 2. The zero-order valence-electron chi connectivity index (χ0n) is 17.4. The molecule has 29 heavy (non-hydrogen) atoms. The number of ether oxygens (including phenoxy) is 1. The van der Waals surface area contributed by atoms with Gasteiger partial charge in [0.15, 0.2) is 0 Å². The van der Waals surface area contributed by atoms with E-state index < -0.39 is 0 Å². The Morgan fingerprint density at radius 2 is 1.69 bits per heavy atom. The zero-order valence-corrected chi connectivity index (χ0v) is 17.4. The standard InChI is InChI=1S/C23H26N4O2/c1-14(2)29-20-9-7-6-8-18(20)26-21-13-24-19(12-25-21)23(28)27-22-16(4)10-15(3)11-17(22)5/h6-14H,1-5H3,(H,25,26)(H,27,28). The molecule has 0 saturated heterocycles. The number of aryl methyl sites for hydroxylation is 3. The maximum atomic E-state index is 12.6. The Morgan fingerprint density at radius 1 is 1.00 bits per heavy atom. The predicted octanol–water partition coefficient (Wildman–Crippen LogP) is 5.18. The van der Waals surface area contributed by atoms with Crippen molar-refractivity contribution in [1.82, 2.24) is 9.97 Å². The molecular formula is C23H26N4O2. The molecule has 3 aromatic rings. The van der Waals surface area contributed by atoms with Crippen LogP contribution in [0.2, 0.25) is 0 Å². The van der Waals surface area contributed by atoms with Crippen molar-refractivity contribution in [3.8, 4) is 5.75 Å². The average molecular weight is 390 g/mol. The van der Waals surface area contributed by atoms with Crippen molar-refractivity contribution in [2.75, 3.05) is 10.6 Å². The number of aromatic nitrogens is 2. The van der Waals surface area contributed by atoms with Crippen molar-refractivity contribution in [2.45, 2.75) is 40.7 Å². The van der Waals surface area contributed by atoms with E-state index in [4.69, 9.17) is 4.74 Å². The molecule has 2 N–H and O–H groups in total. The van der Waals surface area contributed by atoms with Crippen molar-refractivity contribution in [2.24, 2.45) is 0 Å². The Hall–Kier alpha value is -3.41. The Morgan fingerprint density at radius 3 is 2.31 bits per heavy atom. The van der Waals surface area contributed by atoms with E-state index in [0.29, 0.717) is 5.82 Å². The lowest BCUT2D eigenvalue weighted by atomic mass is 10.1. The van der Waals surface area contributed by atoms with Gasteiger partial charge in [-0.3, -0.25) is 4.79 Å². The molecule has 0 saturated carbocycles. The zero-order chi connectivity index (χ0) is 21.0. The number of benzene rings is 2. The Labute approximate surface area is 171 Å². The maximum absolute atomic E-state index is 12.6. The highest BCUT2D eigenvalue weighted by Crippen LogP contribution is 2.27. The number of hydrogen-bond donors (Lipinski definition) is 2. The largest absolute Gasteiger partial charge is 0.489 e. The minimum absolute atomic E-state index is 0.0591. The third kappa shape index (κ3) is 5.10. The second kappa shape index (κ2) is 8.73. The summed E-state index contributed by atoms with van der Waals surface area (Å²) < 4.78 is 5.80. The molecule has 0 bridgehead atoms. The number of nitrogens with zero attached hydrogens (tertiary/aromatic N) is 2. The van der Waals surface area contributed by atoms with Gasteiger partial charge in [0.25, 0.3) is 5.91 Å². The summed E-state index contributed by atoms with van der Waals surface area (Å²) in [5.74, 6) is 0.975. The summed E-state index contributed by atoms with van der Waals surface area (Å²) in [7, 11) is 0. The van der Waals surface area contributed by atoms with Gasteiger partial charge in [-0.2, -0.15) is 0 Å². The van der Waals surface area contributed by atoms with Crippen molar-refractivity contribution < 1.29 is 9.53 Å². The fourth-order valence-electron chi connectivity index (χ4n) is 3.13. The molecule has 0 fully saturated rings. The molecule has 1 heterocycles. The van der Waals surface area contributed by atoms with Gasteiger partial charge in [-0.25, -0.2) is 9.97 Å². The average Bonchev–Trinajstić information content (AvgIpc) is 2.66. The fraction of sp³-hybridized carbons (Fsp3) is 0.261. The minimum Gasteiger partial charge on any atom is -0.489 e. The monoisotopic (exact) mass is 390 g/mol. The molecule has 0 radical (unpaired) electrons. The van der Waals surface area contributed by atoms with E-state index in [1.165, 1.54) is 12.4 Å². The molecule has 0 spiro atoms. The van der Waals surface area contributed by atoms with E-state index in [1.807, 2.05) is 71.0 Å². The Balaban J connectivity index is 1.73. The molecule has 1 amide bonds. The minimum atomic E-state index is -0.289. The SMILES string of the molecule is Cc1cc(C)c(NC(=O)c2cnc(Nc3ccccc3OC(C)C)cn2)c(C)c1. The van der Waals surface area contributed by atoms with Crippen LogP contribution in [0, 0.1) is 20.8 Å². The molecule has 0 aliphatic rings. The first-order valence-corrected chi connectivity index (χ1v) is 9.57. The van der Waals surface area contributed by atoms with Gasteiger partial charge in [-0.05, 0) is 57.9 Å². The number of para-hydroxylation sites is 2. The fourth-order valence-corrected chi connectivity index (χ4v) is 3.13. The first-order valence-electron chi connectivity index (χ1n) is 9.57. The topological polar surface area (TPSA) is 76.1 Å². The lowest BCUT2D eigenvalue weighted by Crippen LogP contribution is -2.16. The molecule has 6 nitrogen and oxygen atoms in total. The summed E-state index contributed by atoms with van der Waals surface area (Å²) in [4.78, 5) is 21.2. The Kier molecular flexibility index (Phi) is 6.12. The van der Waals surface area contributed by atoms with Crippen LogP contribution < -0.4 is 15.4 Å². The Bertz CT molecular complexity index is 991. The number of anilines is 3. The molecule has 1 aromatic heterocycles. The quantitative estimate of drug-likeness (QED) is 0.606. The normalized spacial score (nSPS) is 10.7. The smallest absolute Gasteiger partial charge is 0.275 e. The molecule has 2 aromatic carbocycles. The molecule has 150 valence electrons. The van der Waals surface area contributed by atoms with E-state index in [1.54, 1.807) is 0 Å². The predicted molar refractivity (Wildman–Crippen MR) is 116 cm³/mol. The van der Waals surface area contributed by atoms with Gasteiger partial charge in [0, 0.05) is 5.69 Å². The molecule has 0 atom stereocenters. The van der Waals surface area contributed by atoms with Crippen LogP contribution in [0.1, 0.15) is 41.0 Å². The van der Waals surface area contributed by atoms with Gasteiger partial charge in [-0.15, -0.1) is 0 Å². The summed E-state index contributed by atoms with van der Waals surface area (Å²) >= 11 is 0. The lowest BCUT2D eigenvalue weighted by Gasteiger charge is -2.15. The summed E-state index contributed by atoms with van der Waals surface area (Å²) in [6.45, 7) is 9.94. The van der Waals surface area contributed by atoms with E-state index in [2.05, 4.69) is 20.6 Å². The van der Waals surface area contributed by atoms with Gasteiger partial charge in [0.1, 0.15) is 17.3 Å². The molecule has 3 rings (SSSR count). The van der Waals surface area contributed by atoms with E-state index in [-0.39, 0.29) is 17.7 Å². The number of amides is 1. The van der Waals surface area contributed by atoms with Crippen molar-refractivity contribution in [1.29, 1.82) is 0 Å². The van der Waals surface area contributed by atoms with Crippen LogP contribution in [0.25, 0.3) is 0 Å². The van der Waals surface area contributed by atoms with Crippen LogP contribution in [0.5, 0.6) is 5.75 Å². The third-order valence-corrected chi connectivity index (χ3v) is 4.31. The van der Waals surface area contributed by atoms with Gasteiger partial charge in [-0.1, -0.05) is 29.8 Å². The van der Waals surface area contributed by atoms with Crippen LogP contribution in [-0.2, 0) is 0 Å². The third-order valence-electron chi connectivity index (χ3n) is 4.31. The molecule has 0 aliphatic carbocycles.